The van der Waals surface area contributed by atoms with Gasteiger partial charge in [-0.2, -0.15) is 5.26 Å². The van der Waals surface area contributed by atoms with Crippen molar-refractivity contribution in [1.82, 2.24) is 19.7 Å². The number of amides is 3. The molecule has 2 aliphatic heterocycles. The normalized spacial score (nSPS) is 18.3. The van der Waals surface area contributed by atoms with Crippen LogP contribution in [0.4, 0.5) is 4.79 Å². The fourth-order valence-corrected chi connectivity index (χ4v) is 6.99. The molecule has 3 amide bonds. The molecule has 0 aliphatic carbocycles. The Balaban J connectivity index is 1.27. The SMILES string of the molecule is CCn1c(CCC2CCCN2C(=O)C2CCCN2C(=O)C(CC(=O)OCc2ccccc2)NC(=O)OC(C)(C)C)cc2ccc(C#N)cc21. The number of likely N-dealkylation sites (tertiary alicyclic amines) is 2. The van der Waals surface area contributed by atoms with Crippen LogP contribution in [0.2, 0.25) is 0 Å². The number of fused-ring (bicyclic) bond motifs is 1. The van der Waals surface area contributed by atoms with Gasteiger partial charge in [0.1, 0.15) is 24.3 Å². The Morgan fingerprint density at radius 3 is 2.45 bits per heavy atom. The van der Waals surface area contributed by atoms with E-state index >= 15 is 0 Å². The summed E-state index contributed by atoms with van der Waals surface area (Å²) in [5.41, 5.74) is 2.82. The number of nitrogens with zero attached hydrogens (tertiary/aromatic N) is 4. The highest BCUT2D eigenvalue weighted by molar-refractivity contribution is 5.94. The minimum absolute atomic E-state index is 0.0340. The fourth-order valence-electron chi connectivity index (χ4n) is 6.99. The number of carbonyl (C=O) groups is 4. The molecule has 0 bridgehead atoms. The van der Waals surface area contributed by atoms with Crippen LogP contribution in [-0.2, 0) is 43.4 Å². The van der Waals surface area contributed by atoms with Crippen LogP contribution in [0.3, 0.4) is 0 Å². The Bertz CT molecular complexity index is 1700. The first-order valence-electron chi connectivity index (χ1n) is 17.3. The van der Waals surface area contributed by atoms with Gasteiger partial charge in [-0.25, -0.2) is 4.79 Å². The maximum atomic E-state index is 14.1. The zero-order chi connectivity index (χ0) is 35.1. The molecule has 2 fully saturated rings. The molecule has 0 spiro atoms. The van der Waals surface area contributed by atoms with Gasteiger partial charge < -0.3 is 29.2 Å². The lowest BCUT2D eigenvalue weighted by atomic mass is 10.1. The van der Waals surface area contributed by atoms with E-state index in [1.807, 2.05) is 53.4 Å². The van der Waals surface area contributed by atoms with Gasteiger partial charge in [-0.05, 0) is 95.4 Å². The standard InChI is InChI=1S/C38H47N5O6/c1-5-41-30(22-28-16-15-27(24-39)21-33(28)41)18-17-29-13-9-19-42(29)36(46)32-14-10-20-43(32)35(45)31(40-37(47)49-38(2,3)4)23-34(44)48-25-26-11-7-6-8-12-26/h6-8,11-12,15-16,21-22,29,31-32H,5,9-10,13-14,17-20,23,25H2,1-4H3,(H,40,47). The Morgan fingerprint density at radius 2 is 1.73 bits per heavy atom. The summed E-state index contributed by atoms with van der Waals surface area (Å²) in [5, 5.41) is 13.1. The van der Waals surface area contributed by atoms with Gasteiger partial charge in [0.25, 0.3) is 0 Å². The second kappa shape index (κ2) is 15.6. The molecule has 0 radical (unpaired) electrons. The van der Waals surface area contributed by atoms with E-state index < -0.39 is 42.1 Å². The van der Waals surface area contributed by atoms with Crippen LogP contribution >= 0.6 is 0 Å². The summed E-state index contributed by atoms with van der Waals surface area (Å²) in [6.45, 7) is 9.01. The number of esters is 1. The molecule has 3 aromatic rings. The number of carbonyl (C=O) groups excluding carboxylic acids is 4. The molecule has 3 heterocycles. The van der Waals surface area contributed by atoms with Crippen LogP contribution < -0.4 is 5.32 Å². The number of benzene rings is 2. The van der Waals surface area contributed by atoms with Crippen molar-refractivity contribution in [2.45, 2.75) is 110 Å². The largest absolute Gasteiger partial charge is 0.461 e. The van der Waals surface area contributed by atoms with Gasteiger partial charge in [-0.3, -0.25) is 14.4 Å². The van der Waals surface area contributed by atoms with Crippen molar-refractivity contribution in [2.24, 2.45) is 0 Å². The molecule has 1 aromatic heterocycles. The number of ether oxygens (including phenoxy) is 2. The molecule has 49 heavy (non-hydrogen) atoms. The van der Waals surface area contributed by atoms with E-state index in [1.165, 1.54) is 10.6 Å². The minimum Gasteiger partial charge on any atom is -0.461 e. The lowest BCUT2D eigenvalue weighted by Gasteiger charge is -2.33. The van der Waals surface area contributed by atoms with Crippen LogP contribution in [0.1, 0.15) is 83.0 Å². The molecule has 2 aliphatic rings. The highest BCUT2D eigenvalue weighted by atomic mass is 16.6. The van der Waals surface area contributed by atoms with Crippen molar-refractivity contribution >= 4 is 34.8 Å². The quantitative estimate of drug-likeness (QED) is 0.268. The molecule has 3 unspecified atom stereocenters. The van der Waals surface area contributed by atoms with E-state index in [-0.39, 0.29) is 18.6 Å². The van der Waals surface area contributed by atoms with Gasteiger partial charge in [0.15, 0.2) is 0 Å². The number of rotatable bonds is 11. The minimum atomic E-state index is -1.25. The number of nitriles is 1. The summed E-state index contributed by atoms with van der Waals surface area (Å²) < 4.78 is 13.1. The highest BCUT2D eigenvalue weighted by Crippen LogP contribution is 2.29. The first kappa shape index (κ1) is 35.5. The number of hydrogen-bond donors (Lipinski definition) is 1. The summed E-state index contributed by atoms with van der Waals surface area (Å²) >= 11 is 0. The fraction of sp³-hybridized carbons (Fsp3) is 0.500. The summed E-state index contributed by atoms with van der Waals surface area (Å²) in [6, 6.07) is 17.4. The van der Waals surface area contributed by atoms with Gasteiger partial charge in [-0.15, -0.1) is 0 Å². The predicted octanol–water partition coefficient (Wildman–Crippen LogP) is 5.47. The third-order valence-electron chi connectivity index (χ3n) is 9.25. The van der Waals surface area contributed by atoms with E-state index in [4.69, 9.17) is 9.47 Å². The summed E-state index contributed by atoms with van der Waals surface area (Å²) in [4.78, 5) is 57.3. The van der Waals surface area contributed by atoms with Crippen LogP contribution in [0.15, 0.2) is 54.6 Å². The highest BCUT2D eigenvalue weighted by Gasteiger charge is 2.42. The number of aryl methyl sites for hydroxylation is 2. The molecular weight excluding hydrogens is 622 g/mol. The van der Waals surface area contributed by atoms with Crippen LogP contribution in [0.25, 0.3) is 10.9 Å². The third-order valence-corrected chi connectivity index (χ3v) is 9.25. The van der Waals surface area contributed by atoms with Crippen molar-refractivity contribution in [1.29, 1.82) is 5.26 Å². The molecule has 11 heteroatoms. The van der Waals surface area contributed by atoms with Gasteiger partial charge in [0, 0.05) is 36.9 Å². The van der Waals surface area contributed by atoms with E-state index in [2.05, 4.69) is 28.9 Å². The van der Waals surface area contributed by atoms with E-state index in [1.54, 1.807) is 20.8 Å². The zero-order valence-electron chi connectivity index (χ0n) is 28.9. The monoisotopic (exact) mass is 669 g/mol. The summed E-state index contributed by atoms with van der Waals surface area (Å²) in [6.07, 6.45) is 3.26. The summed E-state index contributed by atoms with van der Waals surface area (Å²) in [5.74, 6) is -1.24. The van der Waals surface area contributed by atoms with E-state index in [0.717, 1.165) is 48.7 Å². The van der Waals surface area contributed by atoms with Crippen molar-refractivity contribution in [3.63, 3.8) is 0 Å². The molecule has 11 nitrogen and oxygen atoms in total. The van der Waals surface area contributed by atoms with Crippen LogP contribution in [-0.4, -0.2) is 75.1 Å². The Labute approximate surface area is 288 Å². The van der Waals surface area contributed by atoms with E-state index in [0.29, 0.717) is 31.5 Å². The lowest BCUT2D eigenvalue weighted by molar-refractivity contribution is -0.150. The maximum Gasteiger partial charge on any atom is 0.408 e. The van der Waals surface area contributed by atoms with Gasteiger partial charge in [0.2, 0.25) is 11.8 Å². The van der Waals surface area contributed by atoms with E-state index in [9.17, 15) is 24.4 Å². The molecule has 2 aromatic carbocycles. The number of nitrogens with one attached hydrogen (secondary N) is 1. The van der Waals surface area contributed by atoms with Gasteiger partial charge in [0.05, 0.1) is 18.1 Å². The third kappa shape index (κ3) is 8.79. The maximum absolute atomic E-state index is 14.1. The van der Waals surface area contributed by atoms with Crippen molar-refractivity contribution < 1.29 is 28.7 Å². The topological polar surface area (TPSA) is 134 Å². The average Bonchev–Trinajstić information content (AvgIpc) is 3.83. The van der Waals surface area contributed by atoms with Crippen molar-refractivity contribution in [3.05, 3.63) is 71.4 Å². The van der Waals surface area contributed by atoms with Crippen LogP contribution in [0, 0.1) is 11.3 Å². The van der Waals surface area contributed by atoms with Gasteiger partial charge in [-0.1, -0.05) is 36.4 Å². The molecule has 2 saturated heterocycles. The Hall–Kier alpha value is -4.85. The first-order chi connectivity index (χ1) is 23.5. The zero-order valence-corrected chi connectivity index (χ0v) is 28.9. The smallest absolute Gasteiger partial charge is 0.408 e. The Morgan fingerprint density at radius 1 is 1.00 bits per heavy atom. The molecule has 5 rings (SSSR count). The molecule has 260 valence electrons. The van der Waals surface area contributed by atoms with Crippen molar-refractivity contribution in [2.75, 3.05) is 13.1 Å². The molecular formula is C38H47N5O6. The number of aromatic nitrogens is 1. The molecule has 3 atom stereocenters. The lowest BCUT2D eigenvalue weighted by Crippen LogP contribution is -2.55. The van der Waals surface area contributed by atoms with Crippen molar-refractivity contribution in [3.8, 4) is 6.07 Å². The Kier molecular flexibility index (Phi) is 11.3. The number of hydrogen-bond acceptors (Lipinski definition) is 7. The second-order valence-corrected chi connectivity index (χ2v) is 13.9. The van der Waals surface area contributed by atoms with Gasteiger partial charge >= 0.3 is 12.1 Å². The van der Waals surface area contributed by atoms with Crippen LogP contribution in [0.5, 0.6) is 0 Å². The molecule has 0 saturated carbocycles. The predicted molar refractivity (Wildman–Crippen MR) is 184 cm³/mol. The second-order valence-electron chi connectivity index (χ2n) is 13.9. The average molecular weight is 670 g/mol. The molecule has 1 N–H and O–H groups in total. The summed E-state index contributed by atoms with van der Waals surface area (Å²) in [7, 11) is 0. The number of alkyl carbamates (subject to hydrolysis) is 1. The first-order valence-corrected chi connectivity index (χ1v) is 17.3.